The lowest BCUT2D eigenvalue weighted by molar-refractivity contribution is -0.147. The zero-order valence-electron chi connectivity index (χ0n) is 12.7. The van der Waals surface area contributed by atoms with Crippen LogP contribution in [0.1, 0.15) is 18.7 Å². The number of likely N-dealkylation sites (tertiary alicyclic amines) is 1. The summed E-state index contributed by atoms with van der Waals surface area (Å²) in [6.45, 7) is 2.34. The molecule has 1 aromatic carbocycles. The third-order valence-corrected chi connectivity index (χ3v) is 4.17. The maximum absolute atomic E-state index is 11.5. The number of carbonyl (C=O) groups is 1. The van der Waals surface area contributed by atoms with E-state index < -0.39 is 0 Å². The highest BCUT2D eigenvalue weighted by Gasteiger charge is 2.25. The molecular weight excluding hydrogens is 280 g/mol. The van der Waals surface area contributed by atoms with Crippen molar-refractivity contribution in [3.8, 4) is 0 Å². The average Bonchev–Trinajstić information content (AvgIpc) is 2.55. The van der Waals surface area contributed by atoms with Gasteiger partial charge >= 0.3 is 5.97 Å². The highest BCUT2D eigenvalue weighted by Crippen LogP contribution is 2.21. The Hall–Kier alpha value is -2.21. The van der Waals surface area contributed by atoms with Crippen molar-refractivity contribution in [2.24, 2.45) is 5.92 Å². The summed E-state index contributed by atoms with van der Waals surface area (Å²) in [6, 6.07) is 7.75. The van der Waals surface area contributed by atoms with Crippen molar-refractivity contribution < 1.29 is 9.53 Å². The fourth-order valence-corrected chi connectivity index (χ4v) is 2.92. The lowest BCUT2D eigenvalue weighted by Gasteiger charge is -2.30. The van der Waals surface area contributed by atoms with Gasteiger partial charge in [0.2, 0.25) is 0 Å². The number of hydrogen-bond donors (Lipinski definition) is 1. The predicted octanol–water partition coefficient (Wildman–Crippen LogP) is 1.60. The van der Waals surface area contributed by atoms with Gasteiger partial charge in [0.25, 0.3) is 0 Å². The highest BCUT2D eigenvalue weighted by atomic mass is 16.5. The zero-order chi connectivity index (χ0) is 15.5. The molecule has 2 aromatic rings. The first kappa shape index (κ1) is 14.7. The monoisotopic (exact) mass is 300 g/mol. The molecule has 1 aromatic heterocycles. The van der Waals surface area contributed by atoms with Gasteiger partial charge in [0.15, 0.2) is 0 Å². The number of anilines is 1. The van der Waals surface area contributed by atoms with E-state index in [-0.39, 0.29) is 11.9 Å². The molecule has 0 saturated carbocycles. The third-order valence-electron chi connectivity index (χ3n) is 4.17. The van der Waals surface area contributed by atoms with Crippen LogP contribution in [0.25, 0.3) is 10.9 Å². The van der Waals surface area contributed by atoms with Gasteiger partial charge in [-0.1, -0.05) is 12.1 Å². The molecular formula is C16H20N4O2. The molecule has 0 spiro atoms. The number of para-hydroxylation sites is 1. The van der Waals surface area contributed by atoms with Gasteiger partial charge in [0, 0.05) is 5.39 Å². The van der Waals surface area contributed by atoms with Crippen LogP contribution in [-0.2, 0) is 16.1 Å². The molecule has 3 rings (SSSR count). The molecule has 6 heteroatoms. The van der Waals surface area contributed by atoms with Crippen LogP contribution in [-0.4, -0.2) is 41.0 Å². The molecule has 2 heterocycles. The van der Waals surface area contributed by atoms with Crippen molar-refractivity contribution in [1.82, 2.24) is 14.9 Å². The summed E-state index contributed by atoms with van der Waals surface area (Å²) in [5, 5.41) is 0.885. The van der Waals surface area contributed by atoms with Gasteiger partial charge in [-0.25, -0.2) is 9.97 Å². The number of nitrogen functional groups attached to an aromatic ring is 1. The van der Waals surface area contributed by atoms with Crippen molar-refractivity contribution in [3.05, 3.63) is 30.1 Å². The van der Waals surface area contributed by atoms with E-state index in [9.17, 15) is 4.79 Å². The van der Waals surface area contributed by atoms with Crippen LogP contribution in [0.4, 0.5) is 5.82 Å². The topological polar surface area (TPSA) is 81.3 Å². The fourth-order valence-electron chi connectivity index (χ4n) is 2.92. The highest BCUT2D eigenvalue weighted by molar-refractivity contribution is 5.87. The van der Waals surface area contributed by atoms with E-state index >= 15 is 0 Å². The van der Waals surface area contributed by atoms with Gasteiger partial charge in [-0.2, -0.15) is 0 Å². The molecule has 0 radical (unpaired) electrons. The SMILES string of the molecule is COC(=O)C1CCN(Cc2nc(N)c3ccccc3n2)CC1. The summed E-state index contributed by atoms with van der Waals surface area (Å²) < 4.78 is 4.81. The zero-order valence-corrected chi connectivity index (χ0v) is 12.7. The van der Waals surface area contributed by atoms with E-state index in [1.54, 1.807) is 0 Å². The van der Waals surface area contributed by atoms with Crippen molar-refractivity contribution in [3.63, 3.8) is 0 Å². The van der Waals surface area contributed by atoms with Crippen LogP contribution in [0.3, 0.4) is 0 Å². The number of benzene rings is 1. The molecule has 0 aliphatic carbocycles. The second kappa shape index (κ2) is 6.27. The van der Waals surface area contributed by atoms with Gasteiger partial charge in [-0.3, -0.25) is 9.69 Å². The number of rotatable bonds is 3. The number of piperidine rings is 1. The number of nitrogens with zero attached hydrogens (tertiary/aromatic N) is 3. The molecule has 0 bridgehead atoms. The van der Waals surface area contributed by atoms with E-state index in [4.69, 9.17) is 10.5 Å². The van der Waals surface area contributed by atoms with Gasteiger partial charge in [-0.05, 0) is 38.1 Å². The minimum Gasteiger partial charge on any atom is -0.469 e. The molecule has 22 heavy (non-hydrogen) atoms. The van der Waals surface area contributed by atoms with Crippen molar-refractivity contribution in [2.45, 2.75) is 19.4 Å². The third kappa shape index (κ3) is 3.01. The van der Waals surface area contributed by atoms with Gasteiger partial charge in [0.05, 0.1) is 25.1 Å². The van der Waals surface area contributed by atoms with Crippen molar-refractivity contribution in [1.29, 1.82) is 0 Å². The molecule has 0 amide bonds. The Morgan fingerprint density at radius 3 is 2.77 bits per heavy atom. The van der Waals surface area contributed by atoms with Crippen LogP contribution in [0.2, 0.25) is 0 Å². The summed E-state index contributed by atoms with van der Waals surface area (Å²) in [5.41, 5.74) is 6.88. The van der Waals surface area contributed by atoms with Crippen LogP contribution in [0.5, 0.6) is 0 Å². The van der Waals surface area contributed by atoms with E-state index in [0.717, 1.165) is 42.7 Å². The Bertz CT molecular complexity index is 681. The second-order valence-corrected chi connectivity index (χ2v) is 5.62. The quantitative estimate of drug-likeness (QED) is 0.867. The van der Waals surface area contributed by atoms with Gasteiger partial charge < -0.3 is 10.5 Å². The lowest BCUT2D eigenvalue weighted by atomic mass is 9.97. The number of hydrogen-bond acceptors (Lipinski definition) is 6. The second-order valence-electron chi connectivity index (χ2n) is 5.62. The molecule has 0 atom stereocenters. The first-order chi connectivity index (χ1) is 10.7. The van der Waals surface area contributed by atoms with E-state index in [1.807, 2.05) is 24.3 Å². The fraction of sp³-hybridized carbons (Fsp3) is 0.438. The molecule has 2 N–H and O–H groups in total. The van der Waals surface area contributed by atoms with E-state index in [1.165, 1.54) is 7.11 Å². The van der Waals surface area contributed by atoms with E-state index in [0.29, 0.717) is 12.4 Å². The summed E-state index contributed by atoms with van der Waals surface area (Å²) in [6.07, 6.45) is 1.63. The summed E-state index contributed by atoms with van der Waals surface area (Å²) >= 11 is 0. The van der Waals surface area contributed by atoms with Crippen molar-refractivity contribution >= 4 is 22.7 Å². The molecule has 1 saturated heterocycles. The smallest absolute Gasteiger partial charge is 0.308 e. The Morgan fingerprint density at radius 1 is 1.32 bits per heavy atom. The van der Waals surface area contributed by atoms with Crippen LogP contribution >= 0.6 is 0 Å². The maximum Gasteiger partial charge on any atom is 0.308 e. The molecule has 1 fully saturated rings. The molecule has 116 valence electrons. The number of methoxy groups -OCH3 is 1. The number of nitrogens with two attached hydrogens (primary N) is 1. The first-order valence-corrected chi connectivity index (χ1v) is 7.48. The standard InChI is InChI=1S/C16H20N4O2/c1-22-16(21)11-6-8-20(9-7-11)10-14-18-13-5-3-2-4-12(13)15(17)19-14/h2-5,11H,6-10H2,1H3,(H2,17,18,19). The molecule has 6 nitrogen and oxygen atoms in total. The minimum atomic E-state index is -0.106. The number of fused-ring (bicyclic) bond motifs is 1. The molecule has 0 unspecified atom stereocenters. The average molecular weight is 300 g/mol. The summed E-state index contributed by atoms with van der Waals surface area (Å²) in [4.78, 5) is 22.8. The van der Waals surface area contributed by atoms with Crippen molar-refractivity contribution in [2.75, 3.05) is 25.9 Å². The van der Waals surface area contributed by atoms with E-state index in [2.05, 4.69) is 14.9 Å². The Labute approximate surface area is 129 Å². The summed E-state index contributed by atoms with van der Waals surface area (Å²) in [5.74, 6) is 1.16. The predicted molar refractivity (Wildman–Crippen MR) is 84.0 cm³/mol. The first-order valence-electron chi connectivity index (χ1n) is 7.48. The number of carbonyl (C=O) groups excluding carboxylic acids is 1. The van der Waals surface area contributed by atoms with Gasteiger partial charge in [0.1, 0.15) is 11.6 Å². The largest absolute Gasteiger partial charge is 0.469 e. The number of esters is 1. The lowest BCUT2D eigenvalue weighted by Crippen LogP contribution is -2.36. The molecule has 1 aliphatic heterocycles. The minimum absolute atomic E-state index is 0.0174. The Balaban J connectivity index is 1.68. The van der Waals surface area contributed by atoms with Crippen LogP contribution in [0.15, 0.2) is 24.3 Å². The maximum atomic E-state index is 11.5. The molecule has 1 aliphatic rings. The van der Waals surface area contributed by atoms with Crippen LogP contribution < -0.4 is 5.73 Å². The Morgan fingerprint density at radius 2 is 2.05 bits per heavy atom. The van der Waals surface area contributed by atoms with Gasteiger partial charge in [-0.15, -0.1) is 0 Å². The number of ether oxygens (including phenoxy) is 1. The van der Waals surface area contributed by atoms with Crippen LogP contribution in [0, 0.1) is 5.92 Å². The number of aromatic nitrogens is 2. The normalized spacial score (nSPS) is 16.8. The Kier molecular flexibility index (Phi) is 4.20. The summed E-state index contributed by atoms with van der Waals surface area (Å²) in [7, 11) is 1.44.